The number of nitrogens with zero attached hydrogens (tertiary/aromatic N) is 3. The molecular weight excluding hydrogens is 569 g/mol. The summed E-state index contributed by atoms with van der Waals surface area (Å²) in [6.45, 7) is 7.51. The molecule has 1 fully saturated rings. The highest BCUT2D eigenvalue weighted by atomic mass is 35.5. The van der Waals surface area contributed by atoms with Gasteiger partial charge in [0.2, 0.25) is 0 Å². The first-order valence-electron chi connectivity index (χ1n) is 12.4. The molecule has 0 spiro atoms. The van der Waals surface area contributed by atoms with Crippen LogP contribution in [0, 0.1) is 0 Å². The van der Waals surface area contributed by atoms with Crippen LogP contribution in [-0.2, 0) is 16.6 Å². The Morgan fingerprint density at radius 2 is 1.79 bits per heavy atom. The summed E-state index contributed by atoms with van der Waals surface area (Å²) in [4.78, 5) is 29.7. The highest BCUT2D eigenvalue weighted by Gasteiger charge is 2.44. The lowest BCUT2D eigenvalue weighted by atomic mass is 9.96. The van der Waals surface area contributed by atoms with Crippen molar-refractivity contribution < 1.29 is 32.6 Å². The van der Waals surface area contributed by atoms with Crippen LogP contribution < -0.4 is 9.47 Å². The Balaban J connectivity index is 1.70. The van der Waals surface area contributed by atoms with E-state index in [2.05, 4.69) is 9.80 Å². The average Bonchev–Trinajstić information content (AvgIpc) is 3.06. The number of methoxy groups -OCH3 is 1. The average molecular weight is 601 g/mol. The summed E-state index contributed by atoms with van der Waals surface area (Å²) in [7, 11) is -0.789. The van der Waals surface area contributed by atoms with Crippen LogP contribution in [0.1, 0.15) is 51.6 Å². The number of benzene rings is 2. The monoisotopic (exact) mass is 599 g/mol. The van der Waals surface area contributed by atoms with Crippen molar-refractivity contribution in [2.75, 3.05) is 53.5 Å². The van der Waals surface area contributed by atoms with Crippen molar-refractivity contribution in [3.05, 3.63) is 50.5 Å². The molecule has 0 aliphatic carbocycles. The van der Waals surface area contributed by atoms with Crippen LogP contribution in [-0.4, -0.2) is 93.0 Å². The molecule has 0 saturated carbocycles. The lowest BCUT2D eigenvalue weighted by Crippen LogP contribution is -2.45. The van der Waals surface area contributed by atoms with E-state index in [1.165, 1.54) is 19.2 Å². The van der Waals surface area contributed by atoms with Crippen LogP contribution in [0.2, 0.25) is 10.0 Å². The zero-order valence-corrected chi connectivity index (χ0v) is 24.5. The van der Waals surface area contributed by atoms with Crippen molar-refractivity contribution in [2.24, 2.45) is 0 Å². The molecular formula is C26H31Cl2N3O7S. The number of carbonyl (C=O) groups excluding carboxylic acids is 1. The van der Waals surface area contributed by atoms with Gasteiger partial charge in [0, 0.05) is 44.4 Å². The van der Waals surface area contributed by atoms with Crippen LogP contribution in [0.5, 0.6) is 11.5 Å². The fourth-order valence-corrected chi connectivity index (χ4v) is 7.05. The number of hydrogen-bond acceptors (Lipinski definition) is 8. The zero-order valence-electron chi connectivity index (χ0n) is 22.2. The summed E-state index contributed by atoms with van der Waals surface area (Å²) in [5.41, 5.74) is 0.447. The smallest absolute Gasteiger partial charge is 0.338 e. The number of ether oxygens (including phenoxy) is 2. The van der Waals surface area contributed by atoms with Gasteiger partial charge in [-0.15, -0.1) is 0 Å². The Kier molecular flexibility index (Phi) is 8.67. The number of carbonyl (C=O) groups is 2. The second kappa shape index (κ2) is 11.5. The Labute approximate surface area is 238 Å². The van der Waals surface area contributed by atoms with Gasteiger partial charge in [0.25, 0.3) is 15.9 Å². The number of aromatic carboxylic acids is 1. The number of hydrogen-bond donors (Lipinski definition) is 1. The van der Waals surface area contributed by atoms with Crippen molar-refractivity contribution in [3.63, 3.8) is 0 Å². The van der Waals surface area contributed by atoms with E-state index in [4.69, 9.17) is 32.7 Å². The van der Waals surface area contributed by atoms with E-state index in [0.29, 0.717) is 17.9 Å². The van der Waals surface area contributed by atoms with Gasteiger partial charge in [-0.25, -0.2) is 17.5 Å². The molecule has 0 unspecified atom stereocenters. The Morgan fingerprint density at radius 3 is 2.38 bits per heavy atom. The summed E-state index contributed by atoms with van der Waals surface area (Å²) in [5.74, 6) is -1.91. The highest BCUT2D eigenvalue weighted by Crippen LogP contribution is 2.42. The van der Waals surface area contributed by atoms with Crippen LogP contribution in [0.25, 0.3) is 0 Å². The lowest BCUT2D eigenvalue weighted by Gasteiger charge is -2.32. The minimum atomic E-state index is -4.26. The standard InChI is InChI=1S/C26H31Cl2N3O7S/c1-15(2)18-12-17(37-4)13-20-21(18)25(32)31(39(20,35)36)14-16-11-19(27)22(26(33)34)23(28)24(16)38-10-9-30-7-5-29(3)6-8-30/h11-13,15H,5-10,14H2,1-4H3,(H,33,34). The van der Waals surface area contributed by atoms with E-state index in [-0.39, 0.29) is 49.9 Å². The molecule has 0 atom stereocenters. The molecule has 2 aliphatic heterocycles. The maximum atomic E-state index is 13.6. The quantitative estimate of drug-likeness (QED) is 0.459. The number of piperazine rings is 1. The second-order valence-corrected chi connectivity index (χ2v) is 12.5. The first-order valence-corrected chi connectivity index (χ1v) is 14.6. The highest BCUT2D eigenvalue weighted by molar-refractivity contribution is 7.90. The number of carboxylic acid groups (broad SMARTS) is 1. The molecule has 1 amide bonds. The number of fused-ring (bicyclic) bond motifs is 1. The van der Waals surface area contributed by atoms with Crippen molar-refractivity contribution >= 4 is 45.1 Å². The van der Waals surface area contributed by atoms with E-state index >= 15 is 0 Å². The molecule has 2 aliphatic rings. The molecule has 39 heavy (non-hydrogen) atoms. The Hall–Kier alpha value is -2.57. The van der Waals surface area contributed by atoms with Gasteiger partial charge >= 0.3 is 5.97 Å². The molecule has 2 heterocycles. The number of amides is 1. The predicted octanol–water partition coefficient (Wildman–Crippen LogP) is 3.79. The molecule has 0 aromatic heterocycles. The molecule has 2 aromatic carbocycles. The van der Waals surface area contributed by atoms with Crippen molar-refractivity contribution in [3.8, 4) is 11.5 Å². The Morgan fingerprint density at radius 1 is 1.13 bits per heavy atom. The van der Waals surface area contributed by atoms with Gasteiger partial charge in [0.15, 0.2) is 0 Å². The fraction of sp³-hybridized carbons (Fsp3) is 0.462. The van der Waals surface area contributed by atoms with Crippen LogP contribution in [0.4, 0.5) is 0 Å². The largest absolute Gasteiger partial charge is 0.497 e. The second-order valence-electron chi connectivity index (χ2n) is 9.90. The van der Waals surface area contributed by atoms with Gasteiger partial charge < -0.3 is 19.5 Å². The van der Waals surface area contributed by atoms with Crippen LogP contribution >= 0.6 is 23.2 Å². The number of halogens is 2. The van der Waals surface area contributed by atoms with Gasteiger partial charge in [-0.3, -0.25) is 9.69 Å². The summed E-state index contributed by atoms with van der Waals surface area (Å²) in [6, 6.07) is 4.27. The van der Waals surface area contributed by atoms with Gasteiger partial charge in [0.1, 0.15) is 28.6 Å². The van der Waals surface area contributed by atoms with Crippen molar-refractivity contribution in [1.29, 1.82) is 0 Å². The van der Waals surface area contributed by atoms with Gasteiger partial charge in [-0.2, -0.15) is 0 Å². The number of likely N-dealkylation sites (N-methyl/N-ethyl adjacent to an activating group) is 1. The summed E-state index contributed by atoms with van der Waals surface area (Å²) in [6.07, 6.45) is 0. The third kappa shape index (κ3) is 5.69. The molecule has 0 bridgehead atoms. The van der Waals surface area contributed by atoms with Crippen molar-refractivity contribution in [1.82, 2.24) is 14.1 Å². The van der Waals surface area contributed by atoms with E-state index in [0.717, 1.165) is 30.5 Å². The maximum Gasteiger partial charge on any atom is 0.338 e. The first-order chi connectivity index (χ1) is 18.4. The molecule has 10 nitrogen and oxygen atoms in total. The lowest BCUT2D eigenvalue weighted by molar-refractivity contribution is 0.0695. The molecule has 212 valence electrons. The molecule has 0 radical (unpaired) electrons. The molecule has 13 heteroatoms. The van der Waals surface area contributed by atoms with Gasteiger partial charge in [-0.05, 0) is 30.7 Å². The minimum Gasteiger partial charge on any atom is -0.497 e. The van der Waals surface area contributed by atoms with E-state index in [9.17, 15) is 23.1 Å². The summed E-state index contributed by atoms with van der Waals surface area (Å²) < 4.78 is 39.2. The van der Waals surface area contributed by atoms with Gasteiger partial charge in [-0.1, -0.05) is 37.0 Å². The number of rotatable bonds is 9. The minimum absolute atomic E-state index is 0.0202. The summed E-state index contributed by atoms with van der Waals surface area (Å²) >= 11 is 12.7. The zero-order chi connectivity index (χ0) is 28.6. The molecule has 4 rings (SSSR count). The predicted molar refractivity (Wildman–Crippen MR) is 147 cm³/mol. The van der Waals surface area contributed by atoms with Crippen LogP contribution in [0.15, 0.2) is 23.1 Å². The van der Waals surface area contributed by atoms with E-state index in [1.54, 1.807) is 6.07 Å². The Bertz CT molecular complexity index is 1410. The third-order valence-corrected chi connectivity index (χ3v) is 9.41. The van der Waals surface area contributed by atoms with E-state index < -0.39 is 28.4 Å². The van der Waals surface area contributed by atoms with Gasteiger partial charge in [0.05, 0.1) is 29.3 Å². The van der Waals surface area contributed by atoms with E-state index in [1.807, 2.05) is 20.9 Å². The van der Waals surface area contributed by atoms with Crippen molar-refractivity contribution in [2.45, 2.75) is 31.2 Å². The molecule has 1 saturated heterocycles. The number of sulfonamides is 1. The first kappa shape index (κ1) is 29.4. The number of carboxylic acids is 1. The fourth-order valence-electron chi connectivity index (χ4n) is 4.75. The summed E-state index contributed by atoms with van der Waals surface area (Å²) in [5, 5.41) is 9.22. The molecule has 2 aromatic rings. The topological polar surface area (TPSA) is 117 Å². The maximum absolute atomic E-state index is 13.6. The molecule has 1 N–H and O–H groups in total. The van der Waals surface area contributed by atoms with Crippen LogP contribution in [0.3, 0.4) is 0 Å². The third-order valence-electron chi connectivity index (χ3n) is 7.00. The normalized spacial score (nSPS) is 17.5. The SMILES string of the molecule is COc1cc(C(C)C)c2c(c1)S(=O)(=O)N(Cc1cc(Cl)c(C(=O)O)c(Cl)c1OCCN1CCN(C)CC1)C2=O.